The third kappa shape index (κ3) is 6.10. The van der Waals surface area contributed by atoms with Crippen LogP contribution in [0.1, 0.15) is 60.8 Å². The third-order valence-corrected chi connectivity index (χ3v) is 13.7. The first-order valence-electron chi connectivity index (χ1n) is 14.6. The van der Waals surface area contributed by atoms with Gasteiger partial charge in [0.1, 0.15) is 5.60 Å². The quantitative estimate of drug-likeness (QED) is 0.168. The SMILES string of the molecule is COC(=O)C[C@@H](C[N+](=O)[O-])[C@]12C[C@H]1C[C@H](CO[Si](c1ccccc1)(c1ccccc1)C(C)(C)C)N2C(=O)OC(C)(C)C. The number of benzene rings is 2. The summed E-state index contributed by atoms with van der Waals surface area (Å²) in [5, 5.41) is 13.8. The largest absolute Gasteiger partial charge is 0.469 e. The fraction of sp³-hybridized carbons (Fsp3) is 0.562. The highest BCUT2D eigenvalue weighted by molar-refractivity contribution is 6.99. The Bertz CT molecular complexity index is 1240. The first-order valence-corrected chi connectivity index (χ1v) is 16.5. The number of fused-ring (bicyclic) bond motifs is 1. The molecule has 2 aliphatic rings. The van der Waals surface area contributed by atoms with Crippen molar-refractivity contribution >= 4 is 30.8 Å². The van der Waals surface area contributed by atoms with E-state index in [2.05, 4.69) is 45.0 Å². The maximum Gasteiger partial charge on any atom is 0.411 e. The number of rotatable bonds is 10. The van der Waals surface area contributed by atoms with Gasteiger partial charge in [-0.3, -0.25) is 19.8 Å². The van der Waals surface area contributed by atoms with E-state index in [1.165, 1.54) is 7.11 Å². The number of piperidine rings is 1. The molecule has 10 heteroatoms. The molecular formula is C32H44N2O7Si. The van der Waals surface area contributed by atoms with E-state index in [0.29, 0.717) is 12.8 Å². The van der Waals surface area contributed by atoms with Gasteiger partial charge in [0.15, 0.2) is 0 Å². The van der Waals surface area contributed by atoms with E-state index in [1.807, 2.05) is 36.4 Å². The first-order chi connectivity index (χ1) is 19.7. The van der Waals surface area contributed by atoms with Gasteiger partial charge in [-0.1, -0.05) is 81.4 Å². The minimum absolute atomic E-state index is 0.00683. The Kier molecular flexibility index (Phi) is 8.90. The van der Waals surface area contributed by atoms with Crippen molar-refractivity contribution in [3.8, 4) is 0 Å². The summed E-state index contributed by atoms with van der Waals surface area (Å²) in [4.78, 5) is 39.3. The van der Waals surface area contributed by atoms with E-state index < -0.39 is 48.9 Å². The molecule has 42 heavy (non-hydrogen) atoms. The molecule has 1 amide bonds. The molecule has 0 unspecified atom stereocenters. The summed E-state index contributed by atoms with van der Waals surface area (Å²) in [6.45, 7) is 11.8. The molecule has 2 aromatic rings. The fourth-order valence-electron chi connectivity index (χ4n) is 7.01. The molecule has 228 valence electrons. The average Bonchev–Trinajstić information content (AvgIpc) is 3.52. The van der Waals surface area contributed by atoms with Crippen LogP contribution < -0.4 is 10.4 Å². The highest BCUT2D eigenvalue weighted by Crippen LogP contribution is 2.63. The fourth-order valence-corrected chi connectivity index (χ4v) is 11.6. The topological polar surface area (TPSA) is 108 Å². The van der Waals surface area contributed by atoms with Crippen LogP contribution in [0.2, 0.25) is 5.04 Å². The number of likely N-dealkylation sites (tertiary alicyclic amines) is 1. The van der Waals surface area contributed by atoms with E-state index >= 15 is 0 Å². The summed E-state index contributed by atoms with van der Waals surface area (Å²) in [5.41, 5.74) is -1.63. The van der Waals surface area contributed by atoms with Crippen molar-refractivity contribution in [3.63, 3.8) is 0 Å². The van der Waals surface area contributed by atoms with E-state index in [-0.39, 0.29) is 30.0 Å². The summed E-state index contributed by atoms with van der Waals surface area (Å²) in [5.74, 6) is -1.22. The molecule has 9 nitrogen and oxygen atoms in total. The normalized spacial score (nSPS) is 22.7. The van der Waals surface area contributed by atoms with Gasteiger partial charge in [-0.2, -0.15) is 0 Å². The van der Waals surface area contributed by atoms with Crippen LogP contribution in [-0.2, 0) is 18.7 Å². The first kappa shape index (κ1) is 31.7. The van der Waals surface area contributed by atoms with Gasteiger partial charge >= 0.3 is 12.1 Å². The van der Waals surface area contributed by atoms with Crippen LogP contribution in [0, 0.1) is 22.0 Å². The van der Waals surface area contributed by atoms with Gasteiger partial charge in [0.2, 0.25) is 6.54 Å². The Morgan fingerprint density at radius 1 is 1.02 bits per heavy atom. The van der Waals surface area contributed by atoms with E-state index in [4.69, 9.17) is 13.9 Å². The molecule has 1 aliphatic heterocycles. The Hall–Kier alpha value is -3.24. The summed E-state index contributed by atoms with van der Waals surface area (Å²) in [6, 6.07) is 20.2. The standard InChI is InChI=1S/C32H44N2O7Si/c1-30(2,3)41-29(36)34-25(18-23-20-32(23,34)24(21-33(37)38)19-28(35)39-7)22-40-42(31(4,5)6,26-14-10-8-11-15-26)27-16-12-9-13-17-27/h8-17,23-25H,18-22H2,1-7H3/t23-,24+,25-,32+/m1/s1. The van der Waals surface area contributed by atoms with Gasteiger partial charge < -0.3 is 13.9 Å². The highest BCUT2D eigenvalue weighted by Gasteiger charge is 2.72. The van der Waals surface area contributed by atoms with Crippen molar-refractivity contribution in [1.82, 2.24) is 4.90 Å². The smallest absolute Gasteiger partial charge is 0.411 e. The van der Waals surface area contributed by atoms with Crippen molar-refractivity contribution in [2.45, 2.75) is 83.0 Å². The van der Waals surface area contributed by atoms with Crippen molar-refractivity contribution in [2.75, 3.05) is 20.3 Å². The molecule has 0 bridgehead atoms. The minimum Gasteiger partial charge on any atom is -0.469 e. The number of amides is 1. The molecule has 1 aliphatic carbocycles. The second-order valence-corrected chi connectivity index (χ2v) is 17.9. The summed E-state index contributed by atoms with van der Waals surface area (Å²) >= 11 is 0. The van der Waals surface area contributed by atoms with Crippen molar-refractivity contribution < 1.29 is 28.4 Å². The zero-order valence-corrected chi connectivity index (χ0v) is 26.8. The monoisotopic (exact) mass is 596 g/mol. The molecule has 2 fully saturated rings. The molecule has 0 radical (unpaired) electrons. The Balaban J connectivity index is 1.76. The average molecular weight is 597 g/mol. The molecule has 1 heterocycles. The number of esters is 1. The van der Waals surface area contributed by atoms with E-state index in [0.717, 1.165) is 10.4 Å². The molecular weight excluding hydrogens is 552 g/mol. The lowest BCUT2D eigenvalue weighted by molar-refractivity contribution is -0.490. The predicted octanol–water partition coefficient (Wildman–Crippen LogP) is 4.79. The van der Waals surface area contributed by atoms with E-state index in [1.54, 1.807) is 25.7 Å². The number of nitro groups is 1. The van der Waals surface area contributed by atoms with Crippen molar-refractivity contribution in [1.29, 1.82) is 0 Å². The van der Waals surface area contributed by atoms with Gasteiger partial charge in [-0.15, -0.1) is 0 Å². The number of methoxy groups -OCH3 is 1. The predicted molar refractivity (Wildman–Crippen MR) is 163 cm³/mol. The van der Waals surface area contributed by atoms with Gasteiger partial charge in [0.05, 0.1) is 37.6 Å². The van der Waals surface area contributed by atoms with Gasteiger partial charge in [0, 0.05) is 4.92 Å². The molecule has 4 atom stereocenters. The Morgan fingerprint density at radius 3 is 2.02 bits per heavy atom. The molecule has 0 aromatic heterocycles. The number of nitrogens with zero attached hydrogens (tertiary/aromatic N) is 2. The minimum atomic E-state index is -2.91. The third-order valence-electron chi connectivity index (χ3n) is 8.71. The molecule has 1 saturated heterocycles. The lowest BCUT2D eigenvalue weighted by Gasteiger charge is -2.45. The second-order valence-electron chi connectivity index (χ2n) is 13.6. The van der Waals surface area contributed by atoms with Crippen LogP contribution in [-0.4, -0.2) is 67.6 Å². The highest BCUT2D eigenvalue weighted by atomic mass is 28.4. The van der Waals surface area contributed by atoms with Gasteiger partial charge in [-0.25, -0.2) is 4.79 Å². The lowest BCUT2D eigenvalue weighted by Crippen LogP contribution is -2.67. The van der Waals surface area contributed by atoms with Crippen LogP contribution in [0.4, 0.5) is 4.79 Å². The van der Waals surface area contributed by atoms with Crippen LogP contribution in [0.3, 0.4) is 0 Å². The molecule has 0 N–H and O–H groups in total. The maximum absolute atomic E-state index is 13.9. The number of carbonyl (C=O) groups is 2. The summed E-state index contributed by atoms with van der Waals surface area (Å²) in [7, 11) is -1.63. The zero-order valence-electron chi connectivity index (χ0n) is 25.8. The second kappa shape index (κ2) is 11.8. The van der Waals surface area contributed by atoms with Crippen molar-refractivity contribution in [2.24, 2.45) is 11.8 Å². The Labute approximate surface area is 249 Å². The van der Waals surface area contributed by atoms with Crippen LogP contribution in [0.15, 0.2) is 60.7 Å². The molecule has 2 aromatic carbocycles. The maximum atomic E-state index is 13.9. The van der Waals surface area contributed by atoms with Crippen LogP contribution >= 0.6 is 0 Å². The van der Waals surface area contributed by atoms with Crippen LogP contribution in [0.25, 0.3) is 0 Å². The van der Waals surface area contributed by atoms with Gasteiger partial charge in [0.25, 0.3) is 8.32 Å². The number of carbonyl (C=O) groups excluding carboxylic acids is 2. The molecule has 1 saturated carbocycles. The molecule has 4 rings (SSSR count). The number of hydrogen-bond acceptors (Lipinski definition) is 7. The lowest BCUT2D eigenvalue weighted by atomic mass is 9.91. The Morgan fingerprint density at radius 2 is 1.57 bits per heavy atom. The summed E-state index contributed by atoms with van der Waals surface area (Å²) in [6.07, 6.45) is 0.525. The van der Waals surface area contributed by atoms with E-state index in [9.17, 15) is 19.7 Å². The van der Waals surface area contributed by atoms with Crippen LogP contribution in [0.5, 0.6) is 0 Å². The molecule has 0 spiro atoms. The van der Waals surface area contributed by atoms with Gasteiger partial charge in [-0.05, 0) is 54.9 Å². The summed E-state index contributed by atoms with van der Waals surface area (Å²) < 4.78 is 18.0. The number of ether oxygens (including phenoxy) is 2. The number of hydrogen-bond donors (Lipinski definition) is 0. The zero-order chi connectivity index (χ0) is 30.9. The van der Waals surface area contributed by atoms with Crippen molar-refractivity contribution in [3.05, 3.63) is 70.8 Å².